The van der Waals surface area contributed by atoms with Crippen LogP contribution in [0, 0.1) is 0 Å². The van der Waals surface area contributed by atoms with Gasteiger partial charge in [-0.2, -0.15) is 0 Å². The van der Waals surface area contributed by atoms with E-state index in [1.807, 2.05) is 24.3 Å². The number of carbonyl (C=O) groups is 1. The summed E-state index contributed by atoms with van der Waals surface area (Å²) >= 11 is 0. The number of carbonyl (C=O) groups excluding carboxylic acids is 1. The summed E-state index contributed by atoms with van der Waals surface area (Å²) in [7, 11) is 1.58. The molecule has 2 N–H and O–H groups in total. The molecule has 0 aliphatic carbocycles. The molecule has 6 nitrogen and oxygen atoms in total. The van der Waals surface area contributed by atoms with Gasteiger partial charge in [0.15, 0.2) is 0 Å². The molecule has 6 heteroatoms. The highest BCUT2D eigenvalue weighted by atomic mass is 16.5. The molecule has 0 unspecified atom stereocenters. The van der Waals surface area contributed by atoms with Crippen molar-refractivity contribution in [2.75, 3.05) is 30.4 Å². The summed E-state index contributed by atoms with van der Waals surface area (Å²) in [6.07, 6.45) is 5.52. The number of aromatic nitrogens is 1. The Morgan fingerprint density at radius 1 is 1.20 bits per heavy atom. The van der Waals surface area contributed by atoms with Crippen LogP contribution in [-0.2, 0) is 6.54 Å². The first-order chi connectivity index (χ1) is 12.3. The van der Waals surface area contributed by atoms with E-state index >= 15 is 0 Å². The molecule has 25 heavy (non-hydrogen) atoms. The van der Waals surface area contributed by atoms with Gasteiger partial charge in [-0.25, -0.2) is 9.78 Å². The second-order valence-electron chi connectivity index (χ2n) is 6.08. The number of piperidine rings is 1. The molecule has 1 aliphatic heterocycles. The number of pyridine rings is 1. The van der Waals surface area contributed by atoms with Crippen LogP contribution in [0.2, 0.25) is 0 Å². The van der Waals surface area contributed by atoms with Gasteiger partial charge in [-0.1, -0.05) is 12.1 Å². The summed E-state index contributed by atoms with van der Waals surface area (Å²) in [6.45, 7) is 2.56. The lowest BCUT2D eigenvalue weighted by molar-refractivity contribution is 0.251. The zero-order valence-electron chi connectivity index (χ0n) is 14.5. The van der Waals surface area contributed by atoms with Crippen molar-refractivity contribution >= 4 is 17.5 Å². The Labute approximate surface area is 148 Å². The Bertz CT molecular complexity index is 714. The first-order valence-corrected chi connectivity index (χ1v) is 8.64. The Balaban J connectivity index is 1.57. The van der Waals surface area contributed by atoms with Gasteiger partial charge in [-0.3, -0.25) is 0 Å². The molecule has 1 aromatic carbocycles. The van der Waals surface area contributed by atoms with E-state index in [-0.39, 0.29) is 6.03 Å². The van der Waals surface area contributed by atoms with Gasteiger partial charge in [-0.05, 0) is 49.1 Å². The number of rotatable bonds is 5. The largest absolute Gasteiger partial charge is 0.495 e. The highest BCUT2D eigenvalue weighted by molar-refractivity contribution is 5.90. The van der Waals surface area contributed by atoms with E-state index in [2.05, 4.69) is 26.6 Å². The lowest BCUT2D eigenvalue weighted by atomic mass is 10.1. The minimum atomic E-state index is -0.263. The third-order valence-electron chi connectivity index (χ3n) is 4.30. The number of amides is 2. The molecular weight excluding hydrogens is 316 g/mol. The van der Waals surface area contributed by atoms with Crippen molar-refractivity contribution in [3.05, 3.63) is 48.2 Å². The normalized spacial score (nSPS) is 14.0. The van der Waals surface area contributed by atoms with Gasteiger partial charge in [0.1, 0.15) is 11.6 Å². The third kappa shape index (κ3) is 4.62. The summed E-state index contributed by atoms with van der Waals surface area (Å²) in [6, 6.07) is 11.0. The van der Waals surface area contributed by atoms with Crippen molar-refractivity contribution in [2.45, 2.75) is 25.8 Å². The van der Waals surface area contributed by atoms with Gasteiger partial charge in [0, 0.05) is 25.8 Å². The van der Waals surface area contributed by atoms with E-state index in [1.165, 1.54) is 19.3 Å². The van der Waals surface area contributed by atoms with E-state index in [1.54, 1.807) is 19.4 Å². The van der Waals surface area contributed by atoms with E-state index in [0.717, 1.165) is 24.5 Å². The number of ether oxygens (including phenoxy) is 1. The van der Waals surface area contributed by atoms with Gasteiger partial charge < -0.3 is 20.3 Å². The first kappa shape index (κ1) is 17.1. The summed E-state index contributed by atoms with van der Waals surface area (Å²) in [5.41, 5.74) is 1.68. The smallest absolute Gasteiger partial charge is 0.319 e. The molecule has 1 saturated heterocycles. The first-order valence-electron chi connectivity index (χ1n) is 8.64. The zero-order valence-corrected chi connectivity index (χ0v) is 14.5. The molecule has 3 rings (SSSR count). The van der Waals surface area contributed by atoms with Crippen LogP contribution in [0.1, 0.15) is 24.8 Å². The number of hydrogen-bond donors (Lipinski definition) is 2. The molecule has 0 atom stereocenters. The van der Waals surface area contributed by atoms with Crippen molar-refractivity contribution in [1.29, 1.82) is 0 Å². The fourth-order valence-electron chi connectivity index (χ4n) is 2.96. The molecule has 1 aromatic heterocycles. The van der Waals surface area contributed by atoms with Crippen LogP contribution in [0.4, 0.5) is 16.3 Å². The van der Waals surface area contributed by atoms with Crippen molar-refractivity contribution in [2.24, 2.45) is 0 Å². The summed E-state index contributed by atoms with van der Waals surface area (Å²) in [5.74, 6) is 1.62. The Morgan fingerprint density at radius 2 is 2.00 bits per heavy atom. The predicted molar refractivity (Wildman–Crippen MR) is 99.2 cm³/mol. The molecule has 0 radical (unpaired) electrons. The van der Waals surface area contributed by atoms with Crippen molar-refractivity contribution in [1.82, 2.24) is 10.3 Å². The molecule has 132 valence electrons. The maximum absolute atomic E-state index is 12.1. The SMILES string of the molecule is COc1ccccc1NC(=O)NCc1ccnc(N2CCCCC2)c1. The van der Waals surface area contributed by atoms with Crippen LogP contribution in [0.15, 0.2) is 42.6 Å². The lowest BCUT2D eigenvalue weighted by Crippen LogP contribution is -2.31. The van der Waals surface area contributed by atoms with E-state index in [4.69, 9.17) is 4.74 Å². The number of benzene rings is 1. The summed E-state index contributed by atoms with van der Waals surface area (Å²) < 4.78 is 5.24. The fourth-order valence-corrected chi connectivity index (χ4v) is 2.96. The molecular formula is C19H24N4O2. The number of urea groups is 1. The van der Waals surface area contributed by atoms with Gasteiger partial charge >= 0.3 is 6.03 Å². The molecule has 0 spiro atoms. The average molecular weight is 340 g/mol. The Kier molecular flexibility index (Phi) is 5.72. The van der Waals surface area contributed by atoms with Crippen molar-refractivity contribution in [3.63, 3.8) is 0 Å². The molecule has 2 heterocycles. The number of para-hydroxylation sites is 2. The second kappa shape index (κ2) is 8.37. The average Bonchev–Trinajstić information content (AvgIpc) is 2.68. The van der Waals surface area contributed by atoms with Gasteiger partial charge in [0.05, 0.1) is 12.8 Å². The van der Waals surface area contributed by atoms with Crippen LogP contribution in [0.3, 0.4) is 0 Å². The minimum Gasteiger partial charge on any atom is -0.495 e. The molecule has 2 amide bonds. The molecule has 1 fully saturated rings. The van der Waals surface area contributed by atoms with Crippen LogP contribution in [0.5, 0.6) is 5.75 Å². The zero-order chi connectivity index (χ0) is 17.5. The number of methoxy groups -OCH3 is 1. The Morgan fingerprint density at radius 3 is 2.80 bits per heavy atom. The summed E-state index contributed by atoms with van der Waals surface area (Å²) in [4.78, 5) is 18.9. The standard InChI is InChI=1S/C19H24N4O2/c1-25-17-8-4-3-7-16(17)22-19(24)21-14-15-9-10-20-18(13-15)23-11-5-2-6-12-23/h3-4,7-10,13H,2,5-6,11-12,14H2,1H3,(H2,21,22,24). The maximum atomic E-state index is 12.1. The minimum absolute atomic E-state index is 0.263. The fraction of sp³-hybridized carbons (Fsp3) is 0.368. The van der Waals surface area contributed by atoms with E-state index in [0.29, 0.717) is 18.0 Å². The number of nitrogens with zero attached hydrogens (tertiary/aromatic N) is 2. The molecule has 0 saturated carbocycles. The van der Waals surface area contributed by atoms with Crippen LogP contribution >= 0.6 is 0 Å². The molecule has 0 bridgehead atoms. The Hall–Kier alpha value is -2.76. The van der Waals surface area contributed by atoms with Crippen LogP contribution in [0.25, 0.3) is 0 Å². The predicted octanol–water partition coefficient (Wildman–Crippen LogP) is 3.40. The van der Waals surface area contributed by atoms with E-state index in [9.17, 15) is 4.79 Å². The monoisotopic (exact) mass is 340 g/mol. The van der Waals surface area contributed by atoms with Crippen molar-refractivity contribution < 1.29 is 9.53 Å². The molecule has 2 aromatic rings. The highest BCUT2D eigenvalue weighted by Crippen LogP contribution is 2.23. The number of anilines is 2. The molecule has 1 aliphatic rings. The van der Waals surface area contributed by atoms with Crippen molar-refractivity contribution in [3.8, 4) is 5.75 Å². The van der Waals surface area contributed by atoms with Gasteiger partial charge in [0.25, 0.3) is 0 Å². The highest BCUT2D eigenvalue weighted by Gasteiger charge is 2.12. The van der Waals surface area contributed by atoms with E-state index < -0.39 is 0 Å². The maximum Gasteiger partial charge on any atom is 0.319 e. The van der Waals surface area contributed by atoms with Gasteiger partial charge in [0.2, 0.25) is 0 Å². The second-order valence-corrected chi connectivity index (χ2v) is 6.08. The lowest BCUT2D eigenvalue weighted by Gasteiger charge is -2.27. The number of nitrogens with one attached hydrogen (secondary N) is 2. The number of hydrogen-bond acceptors (Lipinski definition) is 4. The quantitative estimate of drug-likeness (QED) is 0.875. The summed E-state index contributed by atoms with van der Waals surface area (Å²) in [5, 5.41) is 5.69. The van der Waals surface area contributed by atoms with Crippen LogP contribution < -0.4 is 20.3 Å². The van der Waals surface area contributed by atoms with Crippen LogP contribution in [-0.4, -0.2) is 31.2 Å². The third-order valence-corrected chi connectivity index (χ3v) is 4.30. The van der Waals surface area contributed by atoms with Gasteiger partial charge in [-0.15, -0.1) is 0 Å². The topological polar surface area (TPSA) is 66.5 Å².